The topological polar surface area (TPSA) is 46.3 Å². The minimum Gasteiger partial charge on any atom is -0.361 e. The van der Waals surface area contributed by atoms with Crippen LogP contribution < -0.4 is 0 Å². The van der Waals surface area contributed by atoms with Gasteiger partial charge in [0.2, 0.25) is 5.91 Å². The van der Waals surface area contributed by atoms with Crippen molar-refractivity contribution in [3.8, 4) is 0 Å². The molecule has 1 aromatic carbocycles. The average Bonchev–Trinajstić information content (AvgIpc) is 2.89. The molecule has 4 nitrogen and oxygen atoms in total. The molecular formula is C19H23FN2O2. The van der Waals surface area contributed by atoms with Gasteiger partial charge in [0.25, 0.3) is 0 Å². The number of carbonyl (C=O) groups excluding carboxylic acids is 1. The zero-order valence-electron chi connectivity index (χ0n) is 14.2. The maximum absolute atomic E-state index is 13.0. The van der Waals surface area contributed by atoms with E-state index in [1.54, 1.807) is 0 Å². The summed E-state index contributed by atoms with van der Waals surface area (Å²) in [6.07, 6.45) is 3.30. The molecule has 0 bridgehead atoms. The Morgan fingerprint density at radius 2 is 1.92 bits per heavy atom. The van der Waals surface area contributed by atoms with E-state index in [-0.39, 0.29) is 11.7 Å². The van der Waals surface area contributed by atoms with Crippen LogP contribution in [0.15, 0.2) is 28.8 Å². The highest BCUT2D eigenvalue weighted by molar-refractivity contribution is 5.79. The molecule has 0 atom stereocenters. The van der Waals surface area contributed by atoms with Gasteiger partial charge in [-0.05, 0) is 56.7 Å². The van der Waals surface area contributed by atoms with E-state index in [1.165, 1.54) is 12.1 Å². The summed E-state index contributed by atoms with van der Waals surface area (Å²) in [5.74, 6) is 1.23. The molecule has 1 fully saturated rings. The van der Waals surface area contributed by atoms with Crippen LogP contribution >= 0.6 is 0 Å². The molecule has 0 saturated carbocycles. The summed E-state index contributed by atoms with van der Waals surface area (Å²) < 4.78 is 18.1. The number of likely N-dealkylation sites (tertiary alicyclic amines) is 1. The Morgan fingerprint density at radius 1 is 1.25 bits per heavy atom. The van der Waals surface area contributed by atoms with E-state index in [1.807, 2.05) is 30.9 Å². The second kappa shape index (κ2) is 7.16. The van der Waals surface area contributed by atoms with Gasteiger partial charge in [0, 0.05) is 18.7 Å². The molecule has 0 N–H and O–H groups in total. The smallest absolute Gasteiger partial charge is 0.227 e. The Hall–Kier alpha value is -2.17. The largest absolute Gasteiger partial charge is 0.361 e. The highest BCUT2D eigenvalue weighted by Gasteiger charge is 2.24. The summed E-state index contributed by atoms with van der Waals surface area (Å²) in [6.45, 7) is 5.29. The molecule has 0 unspecified atom stereocenters. The maximum Gasteiger partial charge on any atom is 0.227 e. The highest BCUT2D eigenvalue weighted by atomic mass is 19.1. The minimum atomic E-state index is -0.196. The van der Waals surface area contributed by atoms with Crippen LogP contribution in [-0.2, 0) is 17.6 Å². The predicted molar refractivity (Wildman–Crippen MR) is 89.1 cm³/mol. The van der Waals surface area contributed by atoms with E-state index >= 15 is 0 Å². The van der Waals surface area contributed by atoms with E-state index in [4.69, 9.17) is 4.52 Å². The number of aromatic nitrogens is 1. The van der Waals surface area contributed by atoms with Crippen molar-refractivity contribution in [3.05, 3.63) is 52.7 Å². The van der Waals surface area contributed by atoms with Gasteiger partial charge in [0.15, 0.2) is 0 Å². The number of piperidine rings is 1. The van der Waals surface area contributed by atoms with Crippen molar-refractivity contribution in [2.45, 2.75) is 39.5 Å². The molecule has 5 heteroatoms. The standard InChI is InChI=1S/C19H23FN2O2/c1-13-18(14(2)24-21-13)12-19(23)22-9-7-16(8-10-22)11-15-3-5-17(20)6-4-15/h3-6,16H,7-12H2,1-2H3. The van der Waals surface area contributed by atoms with E-state index in [2.05, 4.69) is 5.16 Å². The first kappa shape index (κ1) is 16.7. The fraction of sp³-hybridized carbons (Fsp3) is 0.474. The number of hydrogen-bond acceptors (Lipinski definition) is 3. The van der Waals surface area contributed by atoms with Gasteiger partial charge in [-0.25, -0.2) is 4.39 Å². The zero-order chi connectivity index (χ0) is 17.1. The third-order valence-electron chi connectivity index (χ3n) is 4.91. The predicted octanol–water partition coefficient (Wildman–Crippen LogP) is 3.45. The van der Waals surface area contributed by atoms with Gasteiger partial charge in [0.05, 0.1) is 12.1 Å². The monoisotopic (exact) mass is 330 g/mol. The molecule has 1 aliphatic heterocycles. The Bertz CT molecular complexity index is 681. The van der Waals surface area contributed by atoms with Crippen molar-refractivity contribution in [1.29, 1.82) is 0 Å². The number of hydrogen-bond donors (Lipinski definition) is 0. The number of nitrogens with zero attached hydrogens (tertiary/aromatic N) is 2. The lowest BCUT2D eigenvalue weighted by atomic mass is 9.90. The second-order valence-corrected chi connectivity index (χ2v) is 6.63. The lowest BCUT2D eigenvalue weighted by Gasteiger charge is -2.32. The van der Waals surface area contributed by atoms with Crippen molar-refractivity contribution in [2.24, 2.45) is 5.92 Å². The molecule has 2 aromatic rings. The molecule has 0 radical (unpaired) electrons. The number of carbonyl (C=O) groups is 1. The summed E-state index contributed by atoms with van der Waals surface area (Å²) in [6, 6.07) is 6.73. The van der Waals surface area contributed by atoms with Gasteiger partial charge < -0.3 is 9.42 Å². The van der Waals surface area contributed by atoms with Crippen LogP contribution in [0.4, 0.5) is 4.39 Å². The summed E-state index contributed by atoms with van der Waals surface area (Å²) in [7, 11) is 0. The number of rotatable bonds is 4. The van der Waals surface area contributed by atoms with Gasteiger partial charge >= 0.3 is 0 Å². The van der Waals surface area contributed by atoms with Crippen LogP contribution in [0.1, 0.15) is 35.4 Å². The zero-order valence-corrected chi connectivity index (χ0v) is 14.2. The van der Waals surface area contributed by atoms with Crippen LogP contribution in [0, 0.1) is 25.6 Å². The third kappa shape index (κ3) is 3.83. The Morgan fingerprint density at radius 3 is 2.50 bits per heavy atom. The van der Waals surface area contributed by atoms with Crippen molar-refractivity contribution in [1.82, 2.24) is 10.1 Å². The molecule has 1 saturated heterocycles. The van der Waals surface area contributed by atoms with Crippen molar-refractivity contribution in [3.63, 3.8) is 0 Å². The quantitative estimate of drug-likeness (QED) is 0.862. The number of halogens is 1. The molecule has 2 heterocycles. The fourth-order valence-corrected chi connectivity index (χ4v) is 3.36. The van der Waals surface area contributed by atoms with Crippen molar-refractivity contribution >= 4 is 5.91 Å². The van der Waals surface area contributed by atoms with Gasteiger partial charge in [-0.2, -0.15) is 0 Å². The van der Waals surface area contributed by atoms with Crippen LogP contribution in [0.2, 0.25) is 0 Å². The van der Waals surface area contributed by atoms with Crippen LogP contribution in [0.25, 0.3) is 0 Å². The Kier molecular flexibility index (Phi) is 4.97. The van der Waals surface area contributed by atoms with Crippen LogP contribution in [0.3, 0.4) is 0 Å². The van der Waals surface area contributed by atoms with E-state index < -0.39 is 0 Å². The molecule has 1 aromatic heterocycles. The molecule has 128 valence electrons. The SMILES string of the molecule is Cc1noc(C)c1CC(=O)N1CCC(Cc2ccc(F)cc2)CC1. The highest BCUT2D eigenvalue weighted by Crippen LogP contribution is 2.23. The number of aryl methyl sites for hydroxylation is 2. The normalized spacial score (nSPS) is 15.7. The summed E-state index contributed by atoms with van der Waals surface area (Å²) in [5.41, 5.74) is 2.87. The first-order valence-electron chi connectivity index (χ1n) is 8.47. The van der Waals surface area contributed by atoms with Crippen molar-refractivity contribution in [2.75, 3.05) is 13.1 Å². The first-order valence-corrected chi connectivity index (χ1v) is 8.47. The minimum absolute atomic E-state index is 0.143. The molecular weight excluding hydrogens is 307 g/mol. The van der Waals surface area contributed by atoms with Gasteiger partial charge in [-0.15, -0.1) is 0 Å². The van der Waals surface area contributed by atoms with E-state index in [0.29, 0.717) is 12.3 Å². The number of amides is 1. The molecule has 3 rings (SSSR count). The van der Waals surface area contributed by atoms with E-state index in [9.17, 15) is 9.18 Å². The van der Waals surface area contributed by atoms with Gasteiger partial charge in [-0.3, -0.25) is 4.79 Å². The fourth-order valence-electron chi connectivity index (χ4n) is 3.36. The molecule has 0 aliphatic carbocycles. The maximum atomic E-state index is 13.0. The summed E-state index contributed by atoms with van der Waals surface area (Å²) in [5, 5.41) is 3.91. The second-order valence-electron chi connectivity index (χ2n) is 6.63. The summed E-state index contributed by atoms with van der Waals surface area (Å²) in [4.78, 5) is 14.4. The summed E-state index contributed by atoms with van der Waals surface area (Å²) >= 11 is 0. The van der Waals surface area contributed by atoms with Gasteiger partial charge in [0.1, 0.15) is 11.6 Å². The van der Waals surface area contributed by atoms with E-state index in [0.717, 1.165) is 54.9 Å². The molecule has 1 amide bonds. The molecule has 1 aliphatic rings. The van der Waals surface area contributed by atoms with Crippen LogP contribution in [0.5, 0.6) is 0 Å². The first-order chi connectivity index (χ1) is 11.5. The molecule has 0 spiro atoms. The van der Waals surface area contributed by atoms with Crippen LogP contribution in [-0.4, -0.2) is 29.1 Å². The Balaban J connectivity index is 1.51. The Labute approximate surface area is 141 Å². The number of benzene rings is 1. The third-order valence-corrected chi connectivity index (χ3v) is 4.91. The lowest BCUT2D eigenvalue weighted by Crippen LogP contribution is -2.39. The average molecular weight is 330 g/mol. The lowest BCUT2D eigenvalue weighted by molar-refractivity contribution is -0.131. The van der Waals surface area contributed by atoms with Crippen molar-refractivity contribution < 1.29 is 13.7 Å². The molecule has 24 heavy (non-hydrogen) atoms. The van der Waals surface area contributed by atoms with Gasteiger partial charge in [-0.1, -0.05) is 17.3 Å².